The minimum Gasteiger partial charge on any atom is -0.250 e. The van der Waals surface area contributed by atoms with Gasteiger partial charge in [-0.05, 0) is 24.3 Å². The molecule has 0 unspecified atom stereocenters. The number of hydrogen-bond donors (Lipinski definition) is 0. The fourth-order valence-electron chi connectivity index (χ4n) is 4.46. The fraction of sp³-hybridized carbons (Fsp3) is 0.0769. The van der Waals surface area contributed by atoms with Crippen LogP contribution in [0.2, 0.25) is 0 Å². The summed E-state index contributed by atoms with van der Waals surface area (Å²) in [6.45, 7) is 0. The molecule has 1 aliphatic rings. The summed E-state index contributed by atoms with van der Waals surface area (Å²) in [5.74, 6) is 0. The van der Waals surface area contributed by atoms with Crippen molar-refractivity contribution in [1.29, 1.82) is 0 Å². The van der Waals surface area contributed by atoms with E-state index in [4.69, 9.17) is 19.9 Å². The fourth-order valence-corrected chi connectivity index (χ4v) is 4.46. The molecule has 5 heterocycles. The monoisotopic (exact) mass is 447 g/mol. The maximum Gasteiger partial charge on any atom is 1.00 e. The second-order valence-corrected chi connectivity index (χ2v) is 7.98. The Morgan fingerprint density at radius 3 is 0.839 bits per heavy atom. The molecular weight excluding hydrogens is 432 g/mol. The second-order valence-electron chi connectivity index (χ2n) is 7.98. The van der Waals surface area contributed by atoms with Gasteiger partial charge in [0.15, 0.2) is 0 Å². The molecule has 0 aliphatic carbocycles. The first-order valence-electron chi connectivity index (χ1n) is 10.2. The number of aromatic nitrogens is 4. The Morgan fingerprint density at radius 1 is 0.355 bits per heavy atom. The van der Waals surface area contributed by atoms with Gasteiger partial charge in [0.2, 0.25) is 0 Å². The summed E-state index contributed by atoms with van der Waals surface area (Å²) in [6, 6.07) is 25.4. The summed E-state index contributed by atoms with van der Waals surface area (Å²) in [7, 11) is 0. The number of fused-ring (bicyclic) bond motifs is 4. The van der Waals surface area contributed by atoms with Crippen molar-refractivity contribution in [3.63, 3.8) is 0 Å². The Labute approximate surface area is 188 Å². The molecule has 0 atom stereocenters. The van der Waals surface area contributed by atoms with Crippen molar-refractivity contribution >= 4 is 43.6 Å². The first kappa shape index (κ1) is 18.4. The van der Waals surface area contributed by atoms with Crippen LogP contribution in [0.15, 0.2) is 72.8 Å². The van der Waals surface area contributed by atoms with Crippen molar-refractivity contribution in [2.24, 2.45) is 0 Å². The third kappa shape index (κ3) is 2.89. The maximum absolute atomic E-state index is 5.00. The molecule has 8 bridgehead atoms. The van der Waals surface area contributed by atoms with Crippen LogP contribution in [0.4, 0.5) is 0 Å². The van der Waals surface area contributed by atoms with Crippen LogP contribution in [0.1, 0.15) is 22.8 Å². The molecule has 4 aromatic heterocycles. The van der Waals surface area contributed by atoms with Crippen LogP contribution in [0.3, 0.4) is 0 Å². The van der Waals surface area contributed by atoms with E-state index in [1.54, 1.807) is 0 Å². The number of rotatable bonds is 0. The van der Waals surface area contributed by atoms with Crippen molar-refractivity contribution in [3.8, 4) is 0 Å². The minimum absolute atomic E-state index is 0. The summed E-state index contributed by atoms with van der Waals surface area (Å²) in [4.78, 5) is 20.0. The van der Waals surface area contributed by atoms with E-state index in [2.05, 4.69) is 72.8 Å². The van der Waals surface area contributed by atoms with E-state index >= 15 is 0 Å². The van der Waals surface area contributed by atoms with Crippen molar-refractivity contribution in [2.75, 3.05) is 0 Å². The van der Waals surface area contributed by atoms with E-state index in [1.807, 2.05) is 0 Å². The Kier molecular flexibility index (Phi) is 4.04. The van der Waals surface area contributed by atoms with Crippen LogP contribution in [-0.2, 0) is 29.9 Å². The van der Waals surface area contributed by atoms with Gasteiger partial charge < -0.3 is 0 Å². The second kappa shape index (κ2) is 6.81. The average molecular weight is 448 g/mol. The molecule has 4 nitrogen and oxygen atoms in total. The average Bonchev–Trinajstić information content (AvgIpc) is 2.78. The zero-order valence-electron chi connectivity index (χ0n) is 16.4. The van der Waals surface area contributed by atoms with Crippen LogP contribution in [-0.4, -0.2) is 19.9 Å². The largest absolute Gasteiger partial charge is 1.00 e. The molecule has 2 aromatic carbocycles. The van der Waals surface area contributed by atoms with E-state index < -0.39 is 0 Å². The van der Waals surface area contributed by atoms with Gasteiger partial charge in [-0.1, -0.05) is 48.5 Å². The van der Waals surface area contributed by atoms with Gasteiger partial charge in [0, 0.05) is 57.2 Å². The maximum atomic E-state index is 5.00. The topological polar surface area (TPSA) is 51.6 Å². The molecule has 0 fully saturated rings. The van der Waals surface area contributed by atoms with Gasteiger partial charge >= 0.3 is 17.1 Å². The van der Waals surface area contributed by atoms with E-state index in [0.29, 0.717) is 12.8 Å². The van der Waals surface area contributed by atoms with Crippen molar-refractivity contribution in [1.82, 2.24) is 19.9 Å². The van der Waals surface area contributed by atoms with Gasteiger partial charge in [-0.25, -0.2) is 0 Å². The van der Waals surface area contributed by atoms with E-state index in [1.165, 1.54) is 0 Å². The van der Waals surface area contributed by atoms with Crippen molar-refractivity contribution in [2.45, 2.75) is 12.8 Å². The smallest absolute Gasteiger partial charge is 0.250 e. The molecule has 0 N–H and O–H groups in total. The van der Waals surface area contributed by atoms with Gasteiger partial charge in [0.05, 0.1) is 22.1 Å². The number of hydrogen-bond acceptors (Lipinski definition) is 4. The van der Waals surface area contributed by atoms with Crippen LogP contribution in [0, 0.1) is 0 Å². The number of nitrogens with zero attached hydrogens (tertiary/aromatic N) is 4. The molecule has 0 saturated heterocycles. The minimum atomic E-state index is 0. The molecule has 0 saturated carbocycles. The van der Waals surface area contributed by atoms with Gasteiger partial charge in [-0.2, -0.15) is 0 Å². The summed E-state index contributed by atoms with van der Waals surface area (Å²) >= 11 is 0. The molecule has 0 spiro atoms. The molecule has 6 aromatic rings. The van der Waals surface area contributed by atoms with E-state index in [-0.39, 0.29) is 17.1 Å². The van der Waals surface area contributed by atoms with E-state index in [0.717, 1.165) is 66.4 Å². The predicted molar refractivity (Wildman–Crippen MR) is 120 cm³/mol. The van der Waals surface area contributed by atoms with Gasteiger partial charge in [-0.15, -0.1) is 0 Å². The molecule has 1 aliphatic heterocycles. The van der Waals surface area contributed by atoms with Crippen molar-refractivity contribution in [3.05, 3.63) is 95.6 Å². The number of pyridine rings is 4. The predicted octanol–water partition coefficient (Wildman–Crippen LogP) is 5.37. The van der Waals surface area contributed by atoms with E-state index in [9.17, 15) is 0 Å². The van der Waals surface area contributed by atoms with Gasteiger partial charge in [0.1, 0.15) is 0 Å². The molecule has 31 heavy (non-hydrogen) atoms. The first-order chi connectivity index (χ1) is 14.8. The standard InChI is InChI=1S/C26H16N4.Cu/c1-2-16-6-10-20-14-22-12-8-18-4-3-17-7-11-21(29-25(17)26(18)30-22)13-19-9-5-15(1)23(27-19)24(16)28-20;/h1-12H,13-14H2;/q;+1. The third-order valence-electron chi connectivity index (χ3n) is 5.99. The Hall–Kier alpha value is -3.40. The first-order valence-corrected chi connectivity index (χ1v) is 10.2. The Bertz CT molecular complexity index is 1410. The zero-order valence-corrected chi connectivity index (χ0v) is 17.4. The summed E-state index contributed by atoms with van der Waals surface area (Å²) in [5, 5.41) is 4.43. The van der Waals surface area contributed by atoms with Gasteiger partial charge in [0.25, 0.3) is 0 Å². The molecule has 7 rings (SSSR count). The summed E-state index contributed by atoms with van der Waals surface area (Å²) in [5.41, 5.74) is 7.81. The van der Waals surface area contributed by atoms with Crippen LogP contribution >= 0.6 is 0 Å². The molecular formula is C26H16CuN4+. The summed E-state index contributed by atoms with van der Waals surface area (Å²) in [6.07, 6.45) is 1.36. The normalized spacial score (nSPS) is 12.6. The zero-order chi connectivity index (χ0) is 19.7. The molecule has 150 valence electrons. The van der Waals surface area contributed by atoms with Gasteiger partial charge in [-0.3, -0.25) is 19.9 Å². The summed E-state index contributed by atoms with van der Waals surface area (Å²) < 4.78 is 0. The molecule has 0 radical (unpaired) electrons. The molecule has 5 heteroatoms. The van der Waals surface area contributed by atoms with Crippen LogP contribution in [0.25, 0.3) is 43.6 Å². The third-order valence-corrected chi connectivity index (χ3v) is 5.99. The SMILES string of the molecule is [Cu+].c1cc2ccc3ccc4nc3c2nc1Cc1ccc2ccc3ccc(nc3c2n1)C4. The van der Waals surface area contributed by atoms with Crippen LogP contribution in [0.5, 0.6) is 0 Å². The number of benzene rings is 2. The quantitative estimate of drug-likeness (QED) is 0.231. The Balaban J connectivity index is 0.00000185. The Morgan fingerprint density at radius 2 is 0.581 bits per heavy atom. The molecule has 0 amide bonds. The van der Waals surface area contributed by atoms with Crippen molar-refractivity contribution < 1.29 is 17.1 Å². The van der Waals surface area contributed by atoms with Crippen LogP contribution < -0.4 is 0 Å².